The molecule has 0 saturated carbocycles. The average molecular weight is 283 g/mol. The lowest BCUT2D eigenvalue weighted by atomic mass is 10.3. The van der Waals surface area contributed by atoms with Crippen LogP contribution in [0, 0.1) is 0 Å². The first-order chi connectivity index (χ1) is 8.62. The largest absolute Gasteiger partial charge is 0.399 e. The van der Waals surface area contributed by atoms with Crippen LogP contribution in [0.25, 0.3) is 0 Å². The molecule has 7 N–H and O–H groups in total. The zero-order valence-electron chi connectivity index (χ0n) is 10.3. The van der Waals surface area contributed by atoms with Crippen molar-refractivity contribution in [3.8, 4) is 0 Å². The Kier molecular flexibility index (Phi) is 6.39. The average Bonchev–Trinajstić information content (AvgIpc) is 2.29. The Morgan fingerprint density at radius 3 is 1.68 bits per heavy atom. The van der Waals surface area contributed by atoms with Crippen LogP contribution in [-0.2, 0) is 10.1 Å². The van der Waals surface area contributed by atoms with Gasteiger partial charge >= 0.3 is 0 Å². The Balaban J connectivity index is 0.000000356. The topological polar surface area (TPSA) is 132 Å². The molecule has 0 aromatic heterocycles. The molecule has 0 bridgehead atoms. The minimum atomic E-state index is -4.18. The maximum atomic E-state index is 10.3. The van der Waals surface area contributed by atoms with E-state index in [1.165, 1.54) is 6.08 Å². The fourth-order valence-corrected chi connectivity index (χ4v) is 1.02. The predicted octanol–water partition coefficient (Wildman–Crippen LogP) is 1.27. The minimum Gasteiger partial charge on any atom is -0.399 e. The molecule has 0 radical (unpaired) electrons. The lowest BCUT2D eigenvalue weighted by Gasteiger charge is -1.92. The van der Waals surface area contributed by atoms with E-state index >= 15 is 0 Å². The second-order valence-corrected chi connectivity index (χ2v) is 4.99. The normalized spacial score (nSPS) is 10.6. The summed E-state index contributed by atoms with van der Waals surface area (Å²) in [5.41, 5.74) is 17.5. The molecule has 0 atom stereocenters. The first-order valence-corrected chi connectivity index (χ1v) is 6.47. The van der Waals surface area contributed by atoms with Gasteiger partial charge in [0.05, 0.1) is 4.91 Å². The van der Waals surface area contributed by atoms with Gasteiger partial charge in [0.1, 0.15) is 0 Å². The van der Waals surface area contributed by atoms with E-state index in [1.54, 1.807) is 24.3 Å². The van der Waals surface area contributed by atoms with Crippen LogP contribution >= 0.6 is 0 Å². The third kappa shape index (κ3) is 8.47. The number of anilines is 2. The van der Waals surface area contributed by atoms with Crippen molar-refractivity contribution in [3.05, 3.63) is 60.2 Å². The SMILES string of the molecule is C=C(N)/C=C\C(=C)S(=O)(=O)O.Nc1ccc(N)cc1. The summed E-state index contributed by atoms with van der Waals surface area (Å²) in [7, 11) is -4.18. The summed E-state index contributed by atoms with van der Waals surface area (Å²) in [6.07, 6.45) is 2.30. The van der Waals surface area contributed by atoms with Crippen molar-refractivity contribution < 1.29 is 13.0 Å². The van der Waals surface area contributed by atoms with E-state index in [9.17, 15) is 8.42 Å². The lowest BCUT2D eigenvalue weighted by Crippen LogP contribution is -1.98. The highest BCUT2D eigenvalue weighted by Gasteiger charge is 2.05. The molecule has 7 heteroatoms. The van der Waals surface area contributed by atoms with Crippen molar-refractivity contribution in [2.24, 2.45) is 5.73 Å². The first-order valence-electron chi connectivity index (χ1n) is 5.03. The highest BCUT2D eigenvalue weighted by Crippen LogP contribution is 2.05. The zero-order chi connectivity index (χ0) is 15.1. The first kappa shape index (κ1) is 16.8. The van der Waals surface area contributed by atoms with Gasteiger partial charge < -0.3 is 17.2 Å². The van der Waals surface area contributed by atoms with Crippen LogP contribution in [0.4, 0.5) is 11.4 Å². The van der Waals surface area contributed by atoms with Crippen molar-refractivity contribution in [1.82, 2.24) is 0 Å². The van der Waals surface area contributed by atoms with Crippen molar-refractivity contribution in [2.45, 2.75) is 0 Å². The van der Waals surface area contributed by atoms with E-state index in [4.69, 9.17) is 21.8 Å². The molecular weight excluding hydrogens is 266 g/mol. The number of allylic oxidation sites excluding steroid dienone is 2. The molecule has 0 aliphatic carbocycles. The highest BCUT2D eigenvalue weighted by atomic mass is 32.2. The maximum Gasteiger partial charge on any atom is 0.293 e. The fraction of sp³-hybridized carbons (Fsp3) is 0. The van der Waals surface area contributed by atoms with Crippen molar-refractivity contribution >= 4 is 21.5 Å². The number of nitrogen functional groups attached to an aromatic ring is 2. The molecule has 0 unspecified atom stereocenters. The van der Waals surface area contributed by atoms with Crippen LogP contribution in [0.2, 0.25) is 0 Å². The van der Waals surface area contributed by atoms with Gasteiger partial charge in [0.15, 0.2) is 0 Å². The lowest BCUT2D eigenvalue weighted by molar-refractivity contribution is 0.492. The van der Waals surface area contributed by atoms with Gasteiger partial charge in [-0.1, -0.05) is 13.2 Å². The maximum absolute atomic E-state index is 10.3. The number of hydrogen-bond acceptors (Lipinski definition) is 5. The van der Waals surface area contributed by atoms with E-state index in [-0.39, 0.29) is 5.70 Å². The predicted molar refractivity (Wildman–Crippen MR) is 78.4 cm³/mol. The van der Waals surface area contributed by atoms with Crippen LogP contribution in [-0.4, -0.2) is 13.0 Å². The molecule has 1 aromatic rings. The molecule has 19 heavy (non-hydrogen) atoms. The Labute approximate surface area is 112 Å². The van der Waals surface area contributed by atoms with Gasteiger partial charge in [-0.25, -0.2) is 0 Å². The van der Waals surface area contributed by atoms with Crippen LogP contribution in [0.1, 0.15) is 0 Å². The third-order valence-electron chi connectivity index (χ3n) is 1.75. The molecule has 0 amide bonds. The summed E-state index contributed by atoms with van der Waals surface area (Å²) in [6, 6.07) is 7.09. The van der Waals surface area contributed by atoms with Crippen LogP contribution in [0.5, 0.6) is 0 Å². The number of rotatable bonds is 3. The number of nitrogens with two attached hydrogens (primary N) is 3. The molecule has 1 rings (SSSR count). The Morgan fingerprint density at radius 2 is 1.42 bits per heavy atom. The summed E-state index contributed by atoms with van der Waals surface area (Å²) in [4.78, 5) is -0.413. The van der Waals surface area contributed by atoms with E-state index in [1.807, 2.05) is 0 Å². The highest BCUT2D eigenvalue weighted by molar-refractivity contribution is 7.90. The number of hydrogen-bond donors (Lipinski definition) is 4. The van der Waals surface area contributed by atoms with Crippen molar-refractivity contribution in [2.75, 3.05) is 11.5 Å². The Bertz CT molecular complexity index is 554. The van der Waals surface area contributed by atoms with E-state index in [0.717, 1.165) is 17.5 Å². The summed E-state index contributed by atoms with van der Waals surface area (Å²) in [6.45, 7) is 6.36. The Hall–Kier alpha value is -2.25. The summed E-state index contributed by atoms with van der Waals surface area (Å²) >= 11 is 0. The van der Waals surface area contributed by atoms with Crippen LogP contribution in [0.15, 0.2) is 60.2 Å². The summed E-state index contributed by atoms with van der Waals surface area (Å²) in [5, 5.41) is 0. The Morgan fingerprint density at radius 1 is 1.05 bits per heavy atom. The van der Waals surface area contributed by atoms with Gasteiger partial charge in [0, 0.05) is 17.1 Å². The van der Waals surface area contributed by atoms with Gasteiger partial charge in [-0.15, -0.1) is 0 Å². The molecule has 0 saturated heterocycles. The van der Waals surface area contributed by atoms with Gasteiger partial charge in [-0.2, -0.15) is 8.42 Å². The molecule has 0 heterocycles. The molecule has 0 aliphatic heterocycles. The summed E-state index contributed by atoms with van der Waals surface area (Å²) < 4.78 is 28.9. The van der Waals surface area contributed by atoms with E-state index in [2.05, 4.69) is 13.2 Å². The van der Waals surface area contributed by atoms with Crippen molar-refractivity contribution in [1.29, 1.82) is 0 Å². The molecule has 0 aliphatic rings. The number of benzene rings is 1. The molecular formula is C12H17N3O3S. The standard InChI is InChI=1S/C6H8N2.C6H9NO3S/c7-5-1-2-6(8)4-3-5;1-5(7)3-4-6(2)11(8,9)10/h1-4H,7-8H2;3-4H,1-2,7H2,(H,8,9,10)/b;4-3-. The van der Waals surface area contributed by atoms with Gasteiger partial charge in [0.2, 0.25) is 0 Å². The minimum absolute atomic E-state index is 0.190. The quantitative estimate of drug-likeness (QED) is 0.375. The molecule has 0 fully saturated rings. The third-order valence-corrected chi connectivity index (χ3v) is 2.55. The van der Waals surface area contributed by atoms with Crippen LogP contribution < -0.4 is 17.2 Å². The molecule has 104 valence electrons. The molecule has 0 spiro atoms. The molecule has 6 nitrogen and oxygen atoms in total. The fourth-order valence-electron chi connectivity index (χ4n) is 0.782. The van der Waals surface area contributed by atoms with Crippen LogP contribution in [0.3, 0.4) is 0 Å². The van der Waals surface area contributed by atoms with Gasteiger partial charge in [-0.05, 0) is 36.4 Å². The smallest absolute Gasteiger partial charge is 0.293 e. The zero-order valence-corrected chi connectivity index (χ0v) is 11.1. The van der Waals surface area contributed by atoms with Crippen molar-refractivity contribution in [3.63, 3.8) is 0 Å². The second-order valence-electron chi connectivity index (χ2n) is 3.52. The molecule has 1 aromatic carbocycles. The summed E-state index contributed by atoms with van der Waals surface area (Å²) in [5.74, 6) is 0. The monoisotopic (exact) mass is 283 g/mol. The van der Waals surface area contributed by atoms with E-state index in [0.29, 0.717) is 0 Å². The van der Waals surface area contributed by atoms with Gasteiger partial charge in [0.25, 0.3) is 10.1 Å². The second kappa shape index (κ2) is 7.24. The van der Waals surface area contributed by atoms with Gasteiger partial charge in [-0.3, -0.25) is 4.55 Å². The van der Waals surface area contributed by atoms with E-state index < -0.39 is 15.0 Å².